The van der Waals surface area contributed by atoms with Gasteiger partial charge in [-0.25, -0.2) is 9.59 Å². The molecular weight excluding hydrogens is 300 g/mol. The minimum absolute atomic E-state index is 0.159. The highest BCUT2D eigenvalue weighted by Crippen LogP contribution is 2.24. The number of carboxylic acid groups (broad SMARTS) is 1. The first-order chi connectivity index (χ1) is 10.9. The quantitative estimate of drug-likeness (QED) is 0.679. The molecule has 7 nitrogen and oxygen atoms in total. The highest BCUT2D eigenvalue weighted by molar-refractivity contribution is 5.82. The summed E-state index contributed by atoms with van der Waals surface area (Å²) in [6, 6.07) is 3.81. The van der Waals surface area contributed by atoms with Crippen LogP contribution in [0.1, 0.15) is 25.8 Å². The van der Waals surface area contributed by atoms with Crippen LogP contribution in [-0.2, 0) is 11.3 Å². The van der Waals surface area contributed by atoms with Crippen molar-refractivity contribution in [2.75, 3.05) is 14.2 Å². The summed E-state index contributed by atoms with van der Waals surface area (Å²) in [5.41, 5.74) is 0.763. The maximum atomic E-state index is 11.9. The molecule has 0 aliphatic rings. The molecule has 1 aromatic rings. The topological polar surface area (TPSA) is 96.9 Å². The highest BCUT2D eigenvalue weighted by Gasteiger charge is 2.25. The molecule has 0 spiro atoms. The molecular formula is C16H24N2O5. The fourth-order valence-corrected chi connectivity index (χ4v) is 2.05. The van der Waals surface area contributed by atoms with Crippen molar-refractivity contribution < 1.29 is 24.2 Å². The molecule has 1 rings (SSSR count). The van der Waals surface area contributed by atoms with E-state index in [4.69, 9.17) is 9.47 Å². The molecule has 0 saturated heterocycles. The molecule has 0 saturated carbocycles. The van der Waals surface area contributed by atoms with E-state index >= 15 is 0 Å². The van der Waals surface area contributed by atoms with E-state index < -0.39 is 18.0 Å². The summed E-state index contributed by atoms with van der Waals surface area (Å²) in [6.45, 7) is 3.87. The Morgan fingerprint density at radius 1 is 1.26 bits per heavy atom. The Bertz CT molecular complexity index is 547. The summed E-state index contributed by atoms with van der Waals surface area (Å²) >= 11 is 0. The van der Waals surface area contributed by atoms with Crippen LogP contribution in [0.15, 0.2) is 18.2 Å². The summed E-state index contributed by atoms with van der Waals surface area (Å²) < 4.78 is 10.4. The van der Waals surface area contributed by atoms with Crippen molar-refractivity contribution >= 4 is 12.0 Å². The Balaban J connectivity index is 2.67. The predicted molar refractivity (Wildman–Crippen MR) is 85.8 cm³/mol. The van der Waals surface area contributed by atoms with Crippen molar-refractivity contribution in [2.24, 2.45) is 5.92 Å². The van der Waals surface area contributed by atoms with E-state index in [1.54, 1.807) is 32.2 Å². The van der Waals surface area contributed by atoms with Gasteiger partial charge < -0.3 is 25.2 Å². The maximum Gasteiger partial charge on any atom is 0.326 e. The second-order valence-corrected chi connectivity index (χ2v) is 5.21. The van der Waals surface area contributed by atoms with Crippen molar-refractivity contribution in [3.63, 3.8) is 0 Å². The molecule has 0 aliphatic heterocycles. The first-order valence-corrected chi connectivity index (χ1v) is 7.41. The Morgan fingerprint density at radius 2 is 1.96 bits per heavy atom. The molecule has 0 aliphatic carbocycles. The maximum absolute atomic E-state index is 11.9. The SMILES string of the molecule is CCC(C)[C@H](NC(=O)NCc1ccc(OC)cc1OC)C(=O)O. The van der Waals surface area contributed by atoms with Crippen LogP contribution >= 0.6 is 0 Å². The number of rotatable bonds is 8. The summed E-state index contributed by atoms with van der Waals surface area (Å²) in [7, 11) is 3.09. The summed E-state index contributed by atoms with van der Waals surface area (Å²) in [4.78, 5) is 23.1. The smallest absolute Gasteiger partial charge is 0.326 e. The van der Waals surface area contributed by atoms with E-state index in [1.165, 1.54) is 7.11 Å². The second kappa shape index (κ2) is 8.87. The van der Waals surface area contributed by atoms with Gasteiger partial charge in [0.05, 0.1) is 14.2 Å². The Labute approximate surface area is 136 Å². The number of carboxylic acids is 1. The Kier molecular flexibility index (Phi) is 7.18. The van der Waals surface area contributed by atoms with Crippen LogP contribution in [0.3, 0.4) is 0 Å². The van der Waals surface area contributed by atoms with E-state index in [0.717, 1.165) is 5.56 Å². The molecule has 1 aromatic carbocycles. The minimum Gasteiger partial charge on any atom is -0.497 e. The van der Waals surface area contributed by atoms with Gasteiger partial charge in [0.2, 0.25) is 0 Å². The summed E-state index contributed by atoms with van der Waals surface area (Å²) in [5, 5.41) is 14.3. The molecule has 0 aromatic heterocycles. The predicted octanol–water partition coefficient (Wildman–Crippen LogP) is 2.00. The monoisotopic (exact) mass is 324 g/mol. The number of nitrogens with one attached hydrogen (secondary N) is 2. The van der Waals surface area contributed by atoms with Crippen molar-refractivity contribution in [3.05, 3.63) is 23.8 Å². The Morgan fingerprint density at radius 3 is 2.48 bits per heavy atom. The summed E-state index contributed by atoms with van der Waals surface area (Å²) in [5.74, 6) is 0.0319. The molecule has 2 amide bonds. The molecule has 0 fully saturated rings. The van der Waals surface area contributed by atoms with E-state index in [2.05, 4.69) is 10.6 Å². The van der Waals surface area contributed by atoms with Crippen LogP contribution < -0.4 is 20.1 Å². The number of benzene rings is 1. The first-order valence-electron chi connectivity index (χ1n) is 7.41. The van der Waals surface area contributed by atoms with Gasteiger partial charge in [0.1, 0.15) is 17.5 Å². The van der Waals surface area contributed by atoms with Gasteiger partial charge in [-0.3, -0.25) is 0 Å². The number of hydrogen-bond donors (Lipinski definition) is 3. The molecule has 7 heteroatoms. The van der Waals surface area contributed by atoms with E-state index in [0.29, 0.717) is 17.9 Å². The largest absolute Gasteiger partial charge is 0.497 e. The van der Waals surface area contributed by atoms with Crippen molar-refractivity contribution in [2.45, 2.75) is 32.9 Å². The third-order valence-electron chi connectivity index (χ3n) is 3.70. The zero-order chi connectivity index (χ0) is 17.4. The lowest BCUT2D eigenvalue weighted by Gasteiger charge is -2.20. The summed E-state index contributed by atoms with van der Waals surface area (Å²) in [6.07, 6.45) is 0.656. The minimum atomic E-state index is -1.04. The number of aliphatic carboxylic acids is 1. The fraction of sp³-hybridized carbons (Fsp3) is 0.500. The lowest BCUT2D eigenvalue weighted by Crippen LogP contribution is -2.48. The van der Waals surface area contributed by atoms with Crippen LogP contribution in [0, 0.1) is 5.92 Å². The number of hydrogen-bond acceptors (Lipinski definition) is 4. The molecule has 23 heavy (non-hydrogen) atoms. The van der Waals surface area contributed by atoms with Crippen LogP contribution in [0.25, 0.3) is 0 Å². The highest BCUT2D eigenvalue weighted by atomic mass is 16.5. The first kappa shape index (κ1) is 18.6. The van der Waals surface area contributed by atoms with Crippen molar-refractivity contribution in [1.82, 2.24) is 10.6 Å². The van der Waals surface area contributed by atoms with Gasteiger partial charge in [-0.1, -0.05) is 20.3 Å². The van der Waals surface area contributed by atoms with Crippen LogP contribution in [0.5, 0.6) is 11.5 Å². The normalized spacial score (nSPS) is 12.9. The zero-order valence-electron chi connectivity index (χ0n) is 13.9. The van der Waals surface area contributed by atoms with Gasteiger partial charge in [0.15, 0.2) is 0 Å². The number of carbonyl (C=O) groups is 2. The molecule has 3 N–H and O–H groups in total. The molecule has 128 valence electrons. The zero-order valence-corrected chi connectivity index (χ0v) is 13.9. The lowest BCUT2D eigenvalue weighted by molar-refractivity contribution is -0.140. The third-order valence-corrected chi connectivity index (χ3v) is 3.70. The van der Waals surface area contributed by atoms with Crippen LogP contribution in [-0.4, -0.2) is 37.4 Å². The number of carbonyl (C=O) groups excluding carboxylic acids is 1. The molecule has 0 bridgehead atoms. The molecule has 1 unspecified atom stereocenters. The van der Waals surface area contributed by atoms with Gasteiger partial charge >= 0.3 is 12.0 Å². The standard InChI is InChI=1S/C16H24N2O5/c1-5-10(2)14(15(19)20)18-16(21)17-9-11-6-7-12(22-3)8-13(11)23-4/h6-8,10,14H,5,9H2,1-4H3,(H,19,20)(H2,17,18,21)/t10?,14-/m0/s1. The molecule has 0 heterocycles. The second-order valence-electron chi connectivity index (χ2n) is 5.21. The number of ether oxygens (including phenoxy) is 2. The van der Waals surface area contributed by atoms with Gasteiger partial charge in [-0.2, -0.15) is 0 Å². The van der Waals surface area contributed by atoms with E-state index in [1.807, 2.05) is 6.92 Å². The van der Waals surface area contributed by atoms with Crippen LogP contribution in [0.2, 0.25) is 0 Å². The number of urea groups is 1. The lowest BCUT2D eigenvalue weighted by atomic mass is 9.99. The molecule has 2 atom stereocenters. The number of methoxy groups -OCH3 is 2. The van der Waals surface area contributed by atoms with Gasteiger partial charge in [-0.05, 0) is 18.1 Å². The van der Waals surface area contributed by atoms with Crippen molar-refractivity contribution in [1.29, 1.82) is 0 Å². The van der Waals surface area contributed by atoms with E-state index in [-0.39, 0.29) is 12.5 Å². The third kappa shape index (κ3) is 5.36. The molecule has 0 radical (unpaired) electrons. The van der Waals surface area contributed by atoms with Crippen molar-refractivity contribution in [3.8, 4) is 11.5 Å². The van der Waals surface area contributed by atoms with Gasteiger partial charge in [0, 0.05) is 18.2 Å². The average molecular weight is 324 g/mol. The van der Waals surface area contributed by atoms with E-state index in [9.17, 15) is 14.7 Å². The van der Waals surface area contributed by atoms with Gasteiger partial charge in [-0.15, -0.1) is 0 Å². The average Bonchev–Trinajstić information content (AvgIpc) is 2.56. The Hall–Kier alpha value is -2.44. The van der Waals surface area contributed by atoms with Crippen LogP contribution in [0.4, 0.5) is 4.79 Å². The van der Waals surface area contributed by atoms with Gasteiger partial charge in [0.25, 0.3) is 0 Å². The fourth-order valence-electron chi connectivity index (χ4n) is 2.05. The number of amides is 2.